The Kier molecular flexibility index (Phi) is 6.11. The lowest BCUT2D eigenvalue weighted by Crippen LogP contribution is -2.18. The number of carbonyl (C=O) groups excluding carboxylic acids is 3. The summed E-state index contributed by atoms with van der Waals surface area (Å²) in [5.41, 5.74) is 0.688. The van der Waals surface area contributed by atoms with Crippen molar-refractivity contribution in [2.45, 2.75) is 13.8 Å². The summed E-state index contributed by atoms with van der Waals surface area (Å²) < 4.78 is 5.03. The monoisotopic (exact) mass is 381 g/mol. The summed E-state index contributed by atoms with van der Waals surface area (Å²) in [5, 5.41) is 5.70. The summed E-state index contributed by atoms with van der Waals surface area (Å²) in [4.78, 5) is 40.9. The summed E-state index contributed by atoms with van der Waals surface area (Å²) in [7, 11) is 1.49. The first-order valence-electron chi connectivity index (χ1n) is 7.34. The highest BCUT2D eigenvalue weighted by molar-refractivity contribution is 7.18. The maximum Gasteiger partial charge on any atom is 0.341 e. The van der Waals surface area contributed by atoms with Crippen molar-refractivity contribution in [2.75, 3.05) is 19.0 Å². The van der Waals surface area contributed by atoms with Crippen molar-refractivity contribution in [3.63, 3.8) is 0 Å². The third kappa shape index (κ3) is 4.15. The molecule has 0 radical (unpaired) electrons. The first kappa shape index (κ1) is 18.9. The lowest BCUT2D eigenvalue weighted by Gasteiger charge is -2.07. The number of aromatic nitrogens is 1. The molecule has 132 valence electrons. The zero-order valence-corrected chi connectivity index (χ0v) is 15.4. The van der Waals surface area contributed by atoms with E-state index in [-0.39, 0.29) is 28.8 Å². The normalized spacial score (nSPS) is 10.2. The molecule has 2 aromatic heterocycles. The molecule has 2 amide bonds. The number of pyridine rings is 1. The zero-order chi connectivity index (χ0) is 18.6. The third-order valence-electron chi connectivity index (χ3n) is 3.24. The largest absolute Gasteiger partial charge is 0.462 e. The van der Waals surface area contributed by atoms with Crippen LogP contribution in [0.15, 0.2) is 18.3 Å². The van der Waals surface area contributed by atoms with Crippen LogP contribution < -0.4 is 10.6 Å². The molecule has 0 aromatic carbocycles. The van der Waals surface area contributed by atoms with E-state index < -0.39 is 11.9 Å². The van der Waals surface area contributed by atoms with Gasteiger partial charge in [0.05, 0.1) is 17.0 Å². The minimum absolute atomic E-state index is 0.0925. The van der Waals surface area contributed by atoms with E-state index in [0.29, 0.717) is 15.5 Å². The highest BCUT2D eigenvalue weighted by Crippen LogP contribution is 2.34. The Bertz CT molecular complexity index is 835. The van der Waals surface area contributed by atoms with Crippen molar-refractivity contribution in [3.8, 4) is 0 Å². The van der Waals surface area contributed by atoms with Gasteiger partial charge in [0.2, 0.25) is 0 Å². The summed E-state index contributed by atoms with van der Waals surface area (Å²) in [6.07, 6.45) is 1.40. The van der Waals surface area contributed by atoms with Crippen molar-refractivity contribution in [2.24, 2.45) is 0 Å². The number of anilines is 1. The van der Waals surface area contributed by atoms with Crippen LogP contribution in [0.1, 0.15) is 43.0 Å². The van der Waals surface area contributed by atoms with E-state index >= 15 is 0 Å². The minimum atomic E-state index is -0.610. The highest BCUT2D eigenvalue weighted by Gasteiger charge is 2.26. The van der Waals surface area contributed by atoms with Crippen LogP contribution in [0, 0.1) is 6.92 Å². The number of thiophene rings is 1. The van der Waals surface area contributed by atoms with Gasteiger partial charge in [0.25, 0.3) is 11.8 Å². The number of ether oxygens (including phenoxy) is 1. The number of carbonyl (C=O) groups is 3. The molecule has 0 unspecified atom stereocenters. The van der Waals surface area contributed by atoms with Crippen LogP contribution in [0.25, 0.3) is 0 Å². The second kappa shape index (κ2) is 8.09. The smallest absolute Gasteiger partial charge is 0.341 e. The van der Waals surface area contributed by atoms with Gasteiger partial charge in [0.15, 0.2) is 0 Å². The van der Waals surface area contributed by atoms with Crippen LogP contribution in [0.2, 0.25) is 5.02 Å². The Morgan fingerprint density at radius 3 is 2.64 bits per heavy atom. The molecule has 25 heavy (non-hydrogen) atoms. The Morgan fingerprint density at radius 2 is 2.04 bits per heavy atom. The molecular formula is C16H16ClN3O4S. The van der Waals surface area contributed by atoms with Crippen LogP contribution in [0.5, 0.6) is 0 Å². The molecule has 0 saturated carbocycles. The molecule has 2 N–H and O–H groups in total. The number of nitrogens with one attached hydrogen (secondary N) is 2. The summed E-state index contributed by atoms with van der Waals surface area (Å²) >= 11 is 6.85. The molecule has 0 aliphatic rings. The number of rotatable bonds is 5. The number of hydrogen-bond acceptors (Lipinski definition) is 6. The SMILES string of the molecule is CCOC(=O)c1c(NC(=O)c2cc(Cl)ccn2)sc(C(=O)NC)c1C. The molecule has 2 rings (SSSR count). The van der Waals surface area contributed by atoms with Crippen molar-refractivity contribution in [1.29, 1.82) is 0 Å². The number of hydrogen-bond donors (Lipinski definition) is 2. The van der Waals surface area contributed by atoms with Gasteiger partial charge in [0.1, 0.15) is 10.7 Å². The maximum atomic E-state index is 12.4. The van der Waals surface area contributed by atoms with Crippen molar-refractivity contribution >= 4 is 45.7 Å². The van der Waals surface area contributed by atoms with Gasteiger partial charge in [-0.25, -0.2) is 4.79 Å². The Hall–Kier alpha value is -2.45. The molecule has 0 saturated heterocycles. The van der Waals surface area contributed by atoms with E-state index in [4.69, 9.17) is 16.3 Å². The Labute approximate surface area is 153 Å². The van der Waals surface area contributed by atoms with Gasteiger partial charge >= 0.3 is 5.97 Å². The second-order valence-corrected chi connectivity index (χ2v) is 6.33. The lowest BCUT2D eigenvalue weighted by atomic mass is 10.1. The molecule has 2 aromatic rings. The fourth-order valence-electron chi connectivity index (χ4n) is 2.08. The summed E-state index contributed by atoms with van der Waals surface area (Å²) in [5.74, 6) is -1.51. The number of esters is 1. The minimum Gasteiger partial charge on any atom is -0.462 e. The summed E-state index contributed by atoms with van der Waals surface area (Å²) in [6.45, 7) is 3.47. The molecule has 2 heterocycles. The molecule has 0 atom stereocenters. The molecular weight excluding hydrogens is 366 g/mol. The summed E-state index contributed by atoms with van der Waals surface area (Å²) in [6, 6.07) is 2.95. The number of amides is 2. The Morgan fingerprint density at radius 1 is 1.32 bits per heavy atom. The highest BCUT2D eigenvalue weighted by atomic mass is 35.5. The van der Waals surface area contributed by atoms with Gasteiger partial charge in [-0.05, 0) is 31.5 Å². The third-order valence-corrected chi connectivity index (χ3v) is 4.68. The average Bonchev–Trinajstić information content (AvgIpc) is 2.90. The first-order valence-corrected chi connectivity index (χ1v) is 8.54. The quantitative estimate of drug-likeness (QED) is 0.776. The fourth-order valence-corrected chi connectivity index (χ4v) is 3.37. The Balaban J connectivity index is 2.43. The van der Waals surface area contributed by atoms with E-state index in [0.717, 1.165) is 11.3 Å². The average molecular weight is 382 g/mol. The number of nitrogens with zero attached hydrogens (tertiary/aromatic N) is 1. The van der Waals surface area contributed by atoms with Gasteiger partial charge in [-0.15, -0.1) is 11.3 Å². The zero-order valence-electron chi connectivity index (χ0n) is 13.8. The van der Waals surface area contributed by atoms with Gasteiger partial charge < -0.3 is 15.4 Å². The molecule has 0 bridgehead atoms. The predicted octanol–water partition coefficient (Wildman–Crippen LogP) is 2.89. The fraction of sp³-hybridized carbons (Fsp3) is 0.250. The van der Waals surface area contributed by atoms with Crippen LogP contribution >= 0.6 is 22.9 Å². The van der Waals surface area contributed by atoms with E-state index in [2.05, 4.69) is 15.6 Å². The van der Waals surface area contributed by atoms with Crippen LogP contribution in [0.3, 0.4) is 0 Å². The van der Waals surface area contributed by atoms with E-state index in [1.807, 2.05) is 0 Å². The van der Waals surface area contributed by atoms with Crippen LogP contribution in [-0.2, 0) is 4.74 Å². The van der Waals surface area contributed by atoms with E-state index in [9.17, 15) is 14.4 Å². The molecule has 0 aliphatic carbocycles. The predicted molar refractivity (Wildman–Crippen MR) is 95.6 cm³/mol. The first-order chi connectivity index (χ1) is 11.9. The van der Waals surface area contributed by atoms with Crippen LogP contribution in [0.4, 0.5) is 5.00 Å². The molecule has 7 nitrogen and oxygen atoms in total. The maximum absolute atomic E-state index is 12.4. The van der Waals surface area contributed by atoms with Crippen LogP contribution in [-0.4, -0.2) is 36.4 Å². The molecule has 0 fully saturated rings. The second-order valence-electron chi connectivity index (χ2n) is 4.87. The molecule has 0 aliphatic heterocycles. The van der Waals surface area contributed by atoms with Gasteiger partial charge in [-0.1, -0.05) is 11.6 Å². The number of halogens is 1. The van der Waals surface area contributed by atoms with E-state index in [1.54, 1.807) is 19.9 Å². The van der Waals surface area contributed by atoms with Crippen molar-refractivity contribution < 1.29 is 19.1 Å². The topological polar surface area (TPSA) is 97.4 Å². The van der Waals surface area contributed by atoms with Gasteiger partial charge in [0, 0.05) is 18.3 Å². The molecule has 0 spiro atoms. The molecule has 9 heteroatoms. The van der Waals surface area contributed by atoms with Crippen molar-refractivity contribution in [3.05, 3.63) is 45.1 Å². The van der Waals surface area contributed by atoms with E-state index in [1.165, 1.54) is 19.3 Å². The van der Waals surface area contributed by atoms with Gasteiger partial charge in [-0.3, -0.25) is 14.6 Å². The van der Waals surface area contributed by atoms with Crippen molar-refractivity contribution in [1.82, 2.24) is 10.3 Å². The van der Waals surface area contributed by atoms with Gasteiger partial charge in [-0.2, -0.15) is 0 Å². The standard InChI is InChI=1S/C16H16ClN3O4S/c1-4-24-16(23)11-8(2)12(14(22)18-3)25-15(11)20-13(21)10-7-9(17)5-6-19-10/h5-7H,4H2,1-3H3,(H,18,22)(H,20,21). The lowest BCUT2D eigenvalue weighted by molar-refractivity contribution is 0.0527.